The highest BCUT2D eigenvalue weighted by Gasteiger charge is 2.20. The minimum atomic E-state index is -0.222. The van der Waals surface area contributed by atoms with Gasteiger partial charge in [-0.3, -0.25) is 0 Å². The Hall–Kier alpha value is -4.01. The molecule has 0 spiro atoms. The third-order valence-electron chi connectivity index (χ3n) is 5.44. The highest BCUT2D eigenvalue weighted by Crippen LogP contribution is 2.24. The second kappa shape index (κ2) is 8.62. The SMILES string of the molecule is COc1ccc(-c2noc(-c3ccc(N4CCN(c5ccc(F)cc5)CC4)nn3)n2)cc1. The molecule has 0 aliphatic carbocycles. The number of rotatable bonds is 5. The highest BCUT2D eigenvalue weighted by molar-refractivity contribution is 5.59. The smallest absolute Gasteiger partial charge is 0.278 e. The second-order valence-corrected chi connectivity index (χ2v) is 7.38. The van der Waals surface area contributed by atoms with Gasteiger partial charge in [-0.05, 0) is 60.7 Å². The fraction of sp³-hybridized carbons (Fsp3) is 0.217. The number of anilines is 2. The van der Waals surface area contributed by atoms with Crippen molar-refractivity contribution in [2.24, 2.45) is 0 Å². The summed E-state index contributed by atoms with van der Waals surface area (Å²) in [6.07, 6.45) is 0. The first-order valence-electron chi connectivity index (χ1n) is 10.3. The summed E-state index contributed by atoms with van der Waals surface area (Å²) in [7, 11) is 1.62. The molecule has 0 bridgehead atoms. The Morgan fingerprint density at radius 3 is 2.22 bits per heavy atom. The molecular weight excluding hydrogens is 411 g/mol. The van der Waals surface area contributed by atoms with Gasteiger partial charge < -0.3 is 19.1 Å². The molecule has 9 heteroatoms. The maximum atomic E-state index is 13.1. The van der Waals surface area contributed by atoms with E-state index >= 15 is 0 Å². The quantitative estimate of drug-likeness (QED) is 0.473. The first-order valence-corrected chi connectivity index (χ1v) is 10.3. The van der Waals surface area contributed by atoms with Gasteiger partial charge in [-0.25, -0.2) is 4.39 Å². The molecule has 5 rings (SSSR count). The van der Waals surface area contributed by atoms with E-state index in [1.807, 2.05) is 48.5 Å². The van der Waals surface area contributed by atoms with Crippen molar-refractivity contribution >= 4 is 11.5 Å². The number of nitrogens with zero attached hydrogens (tertiary/aromatic N) is 6. The minimum Gasteiger partial charge on any atom is -0.497 e. The standard InChI is InChI=1S/C23H21FN6O2/c1-31-19-8-2-16(3-9-19)22-25-23(32-28-22)20-10-11-21(27-26-20)30-14-12-29(13-15-30)18-6-4-17(24)5-7-18/h2-11H,12-15H2,1H3. The zero-order valence-corrected chi connectivity index (χ0v) is 17.5. The maximum Gasteiger partial charge on any atom is 0.278 e. The number of aromatic nitrogens is 4. The van der Waals surface area contributed by atoms with Crippen LogP contribution in [0.5, 0.6) is 5.75 Å². The fourth-order valence-electron chi connectivity index (χ4n) is 3.64. The van der Waals surface area contributed by atoms with Crippen LogP contribution in [0.25, 0.3) is 23.0 Å². The first kappa shape index (κ1) is 19.9. The first-order chi connectivity index (χ1) is 15.7. The summed E-state index contributed by atoms with van der Waals surface area (Å²) in [6.45, 7) is 3.25. The van der Waals surface area contributed by atoms with E-state index in [-0.39, 0.29) is 5.82 Å². The van der Waals surface area contributed by atoms with Crippen molar-refractivity contribution in [3.63, 3.8) is 0 Å². The van der Waals surface area contributed by atoms with Crippen molar-refractivity contribution in [2.75, 3.05) is 43.1 Å². The van der Waals surface area contributed by atoms with Crippen LogP contribution in [0.15, 0.2) is 65.2 Å². The van der Waals surface area contributed by atoms with Gasteiger partial charge in [0.15, 0.2) is 11.5 Å². The highest BCUT2D eigenvalue weighted by atomic mass is 19.1. The van der Waals surface area contributed by atoms with Crippen LogP contribution in [-0.2, 0) is 0 Å². The predicted molar refractivity (Wildman–Crippen MR) is 118 cm³/mol. The molecule has 1 aliphatic heterocycles. The number of methoxy groups -OCH3 is 1. The summed E-state index contributed by atoms with van der Waals surface area (Å²) < 4.78 is 23.7. The number of hydrogen-bond donors (Lipinski definition) is 0. The van der Waals surface area contributed by atoms with Crippen molar-refractivity contribution in [1.82, 2.24) is 20.3 Å². The maximum absolute atomic E-state index is 13.1. The lowest BCUT2D eigenvalue weighted by Crippen LogP contribution is -2.46. The van der Waals surface area contributed by atoms with E-state index in [2.05, 4.69) is 30.1 Å². The predicted octanol–water partition coefficient (Wildman–Crippen LogP) is 3.67. The molecule has 3 heterocycles. The molecule has 32 heavy (non-hydrogen) atoms. The average Bonchev–Trinajstić information content (AvgIpc) is 3.35. The van der Waals surface area contributed by atoms with Crippen molar-refractivity contribution in [1.29, 1.82) is 0 Å². The second-order valence-electron chi connectivity index (χ2n) is 7.38. The Morgan fingerprint density at radius 2 is 1.56 bits per heavy atom. The number of halogens is 1. The average molecular weight is 432 g/mol. The molecule has 0 N–H and O–H groups in total. The summed E-state index contributed by atoms with van der Waals surface area (Å²) in [6, 6.07) is 17.8. The van der Waals surface area contributed by atoms with Crippen molar-refractivity contribution < 1.29 is 13.7 Å². The fourth-order valence-corrected chi connectivity index (χ4v) is 3.64. The summed E-state index contributed by atoms with van der Waals surface area (Å²) in [5, 5.41) is 12.7. The van der Waals surface area contributed by atoms with E-state index in [9.17, 15) is 4.39 Å². The van der Waals surface area contributed by atoms with Gasteiger partial charge in [0, 0.05) is 37.4 Å². The van der Waals surface area contributed by atoms with Gasteiger partial charge in [0.2, 0.25) is 5.82 Å². The lowest BCUT2D eigenvalue weighted by atomic mass is 10.2. The Morgan fingerprint density at radius 1 is 0.844 bits per heavy atom. The number of ether oxygens (including phenoxy) is 1. The molecule has 1 saturated heterocycles. The topological polar surface area (TPSA) is 80.4 Å². The van der Waals surface area contributed by atoms with E-state index in [1.165, 1.54) is 12.1 Å². The molecule has 1 fully saturated rings. The normalized spacial score (nSPS) is 13.9. The summed E-state index contributed by atoms with van der Waals surface area (Å²) >= 11 is 0. The summed E-state index contributed by atoms with van der Waals surface area (Å²) in [4.78, 5) is 8.84. The van der Waals surface area contributed by atoms with Crippen molar-refractivity contribution in [3.05, 3.63) is 66.5 Å². The Balaban J connectivity index is 1.24. The van der Waals surface area contributed by atoms with E-state index in [0.717, 1.165) is 49.0 Å². The van der Waals surface area contributed by atoms with Crippen LogP contribution in [0.4, 0.5) is 15.9 Å². The van der Waals surface area contributed by atoms with E-state index in [4.69, 9.17) is 9.26 Å². The Bertz CT molecular complexity index is 1170. The third kappa shape index (κ3) is 4.09. The van der Waals surface area contributed by atoms with Gasteiger partial charge >= 0.3 is 0 Å². The van der Waals surface area contributed by atoms with Crippen LogP contribution in [0.1, 0.15) is 0 Å². The summed E-state index contributed by atoms with van der Waals surface area (Å²) in [5.74, 6) is 2.13. The molecule has 4 aromatic rings. The van der Waals surface area contributed by atoms with Gasteiger partial charge in [-0.2, -0.15) is 4.98 Å². The van der Waals surface area contributed by atoms with Gasteiger partial charge in [0.1, 0.15) is 11.6 Å². The molecular formula is C23H21FN6O2. The zero-order chi connectivity index (χ0) is 21.9. The number of hydrogen-bond acceptors (Lipinski definition) is 8. The molecule has 162 valence electrons. The van der Waals surface area contributed by atoms with Crippen LogP contribution in [0.2, 0.25) is 0 Å². The van der Waals surface area contributed by atoms with Crippen LogP contribution >= 0.6 is 0 Å². The largest absolute Gasteiger partial charge is 0.497 e. The molecule has 2 aromatic carbocycles. The molecule has 1 aliphatic rings. The van der Waals surface area contributed by atoms with E-state index < -0.39 is 0 Å². The summed E-state index contributed by atoms with van der Waals surface area (Å²) in [5.41, 5.74) is 2.37. The van der Waals surface area contributed by atoms with E-state index in [1.54, 1.807) is 7.11 Å². The molecule has 0 radical (unpaired) electrons. The molecule has 2 aromatic heterocycles. The van der Waals surface area contributed by atoms with Crippen LogP contribution < -0.4 is 14.5 Å². The third-order valence-corrected chi connectivity index (χ3v) is 5.44. The van der Waals surface area contributed by atoms with Crippen LogP contribution in [0.3, 0.4) is 0 Å². The zero-order valence-electron chi connectivity index (χ0n) is 17.5. The number of benzene rings is 2. The number of piperazine rings is 1. The molecule has 0 atom stereocenters. The van der Waals surface area contributed by atoms with Crippen molar-refractivity contribution in [3.8, 4) is 28.7 Å². The molecule has 0 unspecified atom stereocenters. The lowest BCUT2D eigenvalue weighted by Gasteiger charge is -2.36. The van der Waals surface area contributed by atoms with Crippen molar-refractivity contribution in [2.45, 2.75) is 0 Å². The van der Waals surface area contributed by atoms with Gasteiger partial charge in [-0.1, -0.05) is 5.16 Å². The van der Waals surface area contributed by atoms with Crippen LogP contribution in [-0.4, -0.2) is 53.6 Å². The monoisotopic (exact) mass is 432 g/mol. The molecule has 8 nitrogen and oxygen atoms in total. The lowest BCUT2D eigenvalue weighted by molar-refractivity contribution is 0.414. The van der Waals surface area contributed by atoms with E-state index in [0.29, 0.717) is 17.4 Å². The van der Waals surface area contributed by atoms with Crippen LogP contribution in [0, 0.1) is 5.82 Å². The van der Waals surface area contributed by atoms with Gasteiger partial charge in [-0.15, -0.1) is 10.2 Å². The Kier molecular flexibility index (Phi) is 5.37. The molecule has 0 amide bonds. The van der Waals surface area contributed by atoms with Gasteiger partial charge in [0.25, 0.3) is 5.89 Å². The molecule has 0 saturated carbocycles. The minimum absolute atomic E-state index is 0.222. The Labute approximate surface area is 184 Å². The van der Waals surface area contributed by atoms with Gasteiger partial charge in [0.05, 0.1) is 7.11 Å².